The predicted octanol–water partition coefficient (Wildman–Crippen LogP) is 4.94. The van der Waals surface area contributed by atoms with E-state index in [2.05, 4.69) is 4.98 Å². The van der Waals surface area contributed by atoms with Crippen LogP contribution in [-0.4, -0.2) is 35.5 Å². The normalized spacial score (nSPS) is 17.9. The molecule has 32 heavy (non-hydrogen) atoms. The molecule has 166 valence electrons. The van der Waals surface area contributed by atoms with Gasteiger partial charge in [-0.15, -0.1) is 0 Å². The highest BCUT2D eigenvalue weighted by Gasteiger charge is 2.30. The van der Waals surface area contributed by atoms with E-state index >= 15 is 0 Å². The Morgan fingerprint density at radius 1 is 1.09 bits per heavy atom. The third-order valence-corrected chi connectivity index (χ3v) is 5.98. The number of likely N-dealkylation sites (tertiary alicyclic amines) is 1. The van der Waals surface area contributed by atoms with Crippen LogP contribution in [0.2, 0.25) is 0 Å². The molecule has 1 fully saturated rings. The number of aryl methyl sites for hydroxylation is 1. The van der Waals surface area contributed by atoms with Gasteiger partial charge in [0.05, 0.1) is 31.0 Å². The number of rotatable bonds is 5. The van der Waals surface area contributed by atoms with Crippen LogP contribution in [0.4, 0.5) is 4.39 Å². The highest BCUT2D eigenvalue weighted by Crippen LogP contribution is 2.38. The summed E-state index contributed by atoms with van der Waals surface area (Å²) in [5.74, 6) is 2.02. The Kier molecular flexibility index (Phi) is 5.79. The lowest BCUT2D eigenvalue weighted by Crippen LogP contribution is -2.30. The molecule has 0 unspecified atom stereocenters. The van der Waals surface area contributed by atoms with E-state index in [1.54, 1.807) is 18.2 Å². The zero-order valence-corrected chi connectivity index (χ0v) is 17.8. The maximum Gasteiger partial charge on any atom is 0.223 e. The number of benzene rings is 2. The first-order valence-corrected chi connectivity index (χ1v) is 11.1. The summed E-state index contributed by atoms with van der Waals surface area (Å²) in [5.41, 5.74) is 1.43. The van der Waals surface area contributed by atoms with Crippen LogP contribution >= 0.6 is 0 Å². The number of halogens is 1. The number of fused-ring (bicyclic) bond motifs is 1. The first kappa shape index (κ1) is 20.5. The van der Waals surface area contributed by atoms with Gasteiger partial charge in [-0.05, 0) is 42.7 Å². The molecule has 0 radical (unpaired) electrons. The first-order chi connectivity index (χ1) is 15.7. The molecule has 1 amide bonds. The largest absolute Gasteiger partial charge is 0.490 e. The van der Waals surface area contributed by atoms with Crippen LogP contribution in [0, 0.1) is 5.82 Å². The lowest BCUT2D eigenvalue weighted by atomic mass is 10.0. The van der Waals surface area contributed by atoms with Gasteiger partial charge < -0.3 is 18.8 Å². The Morgan fingerprint density at radius 2 is 1.94 bits per heavy atom. The van der Waals surface area contributed by atoms with Crippen molar-refractivity contribution in [3.63, 3.8) is 0 Å². The van der Waals surface area contributed by atoms with Gasteiger partial charge in [0, 0.05) is 25.8 Å². The molecule has 0 bridgehead atoms. The highest BCUT2D eigenvalue weighted by molar-refractivity contribution is 5.77. The van der Waals surface area contributed by atoms with Crippen LogP contribution < -0.4 is 9.47 Å². The Bertz CT molecular complexity index is 1110. The molecule has 7 heteroatoms. The van der Waals surface area contributed by atoms with Crippen molar-refractivity contribution in [3.8, 4) is 22.8 Å². The molecular weight excluding hydrogens is 411 g/mol. The summed E-state index contributed by atoms with van der Waals surface area (Å²) in [6, 6.07) is 12.4. The summed E-state index contributed by atoms with van der Waals surface area (Å²) < 4.78 is 31.2. The quantitative estimate of drug-likeness (QED) is 0.567. The van der Waals surface area contributed by atoms with Crippen molar-refractivity contribution in [1.82, 2.24) is 9.88 Å². The van der Waals surface area contributed by atoms with Crippen LogP contribution in [0.5, 0.6) is 11.5 Å². The maximum absolute atomic E-state index is 14.0. The van der Waals surface area contributed by atoms with Crippen LogP contribution in [0.15, 0.2) is 53.1 Å². The minimum atomic E-state index is -0.360. The topological polar surface area (TPSA) is 64.8 Å². The van der Waals surface area contributed by atoms with Gasteiger partial charge in [0.15, 0.2) is 23.1 Å². The number of nitrogens with zero attached hydrogens (tertiary/aromatic N) is 2. The van der Waals surface area contributed by atoms with Crippen molar-refractivity contribution in [2.45, 2.75) is 38.1 Å². The Labute approximate surface area is 186 Å². The summed E-state index contributed by atoms with van der Waals surface area (Å²) in [5, 5.41) is 0. The molecule has 2 aromatic carbocycles. The van der Waals surface area contributed by atoms with E-state index in [1.165, 1.54) is 12.3 Å². The zero-order valence-electron chi connectivity index (χ0n) is 17.8. The van der Waals surface area contributed by atoms with Crippen LogP contribution in [0.25, 0.3) is 11.3 Å². The molecule has 6 nitrogen and oxygen atoms in total. The number of aromatic nitrogens is 1. The van der Waals surface area contributed by atoms with Crippen LogP contribution in [-0.2, 0) is 11.2 Å². The van der Waals surface area contributed by atoms with Crippen LogP contribution in [0.1, 0.15) is 43.2 Å². The molecule has 3 heterocycles. The molecule has 1 atom stereocenters. The molecule has 0 saturated carbocycles. The van der Waals surface area contributed by atoms with Gasteiger partial charge in [-0.1, -0.05) is 18.2 Å². The fraction of sp³-hybridized carbons (Fsp3) is 0.360. The maximum atomic E-state index is 14.0. The van der Waals surface area contributed by atoms with Gasteiger partial charge in [-0.25, -0.2) is 9.37 Å². The molecule has 1 saturated heterocycles. The molecule has 0 aliphatic carbocycles. The minimum absolute atomic E-state index is 0.0261. The molecule has 3 aromatic rings. The second-order valence-corrected chi connectivity index (χ2v) is 8.10. The average Bonchev–Trinajstić information content (AvgIpc) is 3.43. The summed E-state index contributed by atoms with van der Waals surface area (Å²) in [6.45, 7) is 2.01. The van der Waals surface area contributed by atoms with Gasteiger partial charge in [0.1, 0.15) is 5.82 Å². The molecule has 2 aliphatic rings. The molecule has 0 N–H and O–H groups in total. The standard InChI is InChI=1S/C25H25FN2O4/c26-19-6-2-1-5-18(19)23-16-27-24(32-23)10-11-25(29)28-12-3-7-20(28)17-8-9-21-22(15-17)31-14-4-13-30-21/h1-2,5-6,8-9,15-16,20H,3-4,7,10-14H2/t20-/m1/s1. The molecule has 2 aliphatic heterocycles. The average molecular weight is 436 g/mol. The summed E-state index contributed by atoms with van der Waals surface area (Å²) >= 11 is 0. The third-order valence-electron chi connectivity index (χ3n) is 5.98. The van der Waals surface area contributed by atoms with Gasteiger partial charge in [-0.2, -0.15) is 0 Å². The SMILES string of the molecule is O=C(CCc1ncc(-c2ccccc2F)o1)N1CCC[C@@H]1c1ccc2c(c1)OCCCO2. The Balaban J connectivity index is 1.25. The van der Waals surface area contributed by atoms with Crippen molar-refractivity contribution < 1.29 is 23.1 Å². The third kappa shape index (κ3) is 4.20. The van der Waals surface area contributed by atoms with Crippen molar-refractivity contribution >= 4 is 5.91 Å². The fourth-order valence-electron chi connectivity index (χ4n) is 4.37. The van der Waals surface area contributed by atoms with Crippen molar-refractivity contribution in [1.29, 1.82) is 0 Å². The Morgan fingerprint density at radius 3 is 2.81 bits per heavy atom. The molecule has 0 spiro atoms. The highest BCUT2D eigenvalue weighted by atomic mass is 19.1. The smallest absolute Gasteiger partial charge is 0.223 e. The number of ether oxygens (including phenoxy) is 2. The van der Waals surface area contributed by atoms with Crippen molar-refractivity contribution in [3.05, 3.63) is 65.9 Å². The van der Waals surface area contributed by atoms with Crippen molar-refractivity contribution in [2.24, 2.45) is 0 Å². The summed E-state index contributed by atoms with van der Waals surface area (Å²) in [7, 11) is 0. The lowest BCUT2D eigenvalue weighted by molar-refractivity contribution is -0.132. The van der Waals surface area contributed by atoms with E-state index in [4.69, 9.17) is 13.9 Å². The fourth-order valence-corrected chi connectivity index (χ4v) is 4.37. The van der Waals surface area contributed by atoms with E-state index in [0.29, 0.717) is 36.8 Å². The summed E-state index contributed by atoms with van der Waals surface area (Å²) in [6.07, 6.45) is 4.91. The molecule has 1 aromatic heterocycles. The number of hydrogen-bond donors (Lipinski definition) is 0. The monoisotopic (exact) mass is 436 g/mol. The number of carbonyl (C=O) groups excluding carboxylic acids is 1. The Hall–Kier alpha value is -3.35. The number of hydrogen-bond acceptors (Lipinski definition) is 5. The van der Waals surface area contributed by atoms with E-state index in [9.17, 15) is 9.18 Å². The van der Waals surface area contributed by atoms with E-state index in [1.807, 2.05) is 23.1 Å². The number of amides is 1. The van der Waals surface area contributed by atoms with E-state index in [0.717, 1.165) is 42.9 Å². The minimum Gasteiger partial charge on any atom is -0.490 e. The zero-order chi connectivity index (χ0) is 21.9. The second kappa shape index (κ2) is 9.02. The van der Waals surface area contributed by atoms with Crippen LogP contribution in [0.3, 0.4) is 0 Å². The lowest BCUT2D eigenvalue weighted by Gasteiger charge is -2.25. The van der Waals surface area contributed by atoms with Crippen molar-refractivity contribution in [2.75, 3.05) is 19.8 Å². The first-order valence-electron chi connectivity index (χ1n) is 11.1. The van der Waals surface area contributed by atoms with E-state index in [-0.39, 0.29) is 24.2 Å². The predicted molar refractivity (Wildman–Crippen MR) is 116 cm³/mol. The second-order valence-electron chi connectivity index (χ2n) is 8.10. The molecule has 5 rings (SSSR count). The van der Waals surface area contributed by atoms with Gasteiger partial charge in [0.25, 0.3) is 0 Å². The number of carbonyl (C=O) groups is 1. The molecular formula is C25H25FN2O4. The van der Waals surface area contributed by atoms with Gasteiger partial charge in [0.2, 0.25) is 5.91 Å². The number of oxazole rings is 1. The summed E-state index contributed by atoms with van der Waals surface area (Å²) in [4.78, 5) is 19.2. The van der Waals surface area contributed by atoms with Gasteiger partial charge in [-0.3, -0.25) is 4.79 Å². The van der Waals surface area contributed by atoms with E-state index < -0.39 is 0 Å². The van der Waals surface area contributed by atoms with Gasteiger partial charge >= 0.3 is 0 Å².